The van der Waals surface area contributed by atoms with E-state index in [1.54, 1.807) is 12.4 Å². The highest BCUT2D eigenvalue weighted by Crippen LogP contribution is 2.32. The summed E-state index contributed by atoms with van der Waals surface area (Å²) < 4.78 is 6.81. The first-order valence-electron chi connectivity index (χ1n) is 5.44. The van der Waals surface area contributed by atoms with Crippen LogP contribution in [0.4, 0.5) is 10.7 Å². The van der Waals surface area contributed by atoms with E-state index in [2.05, 4.69) is 42.2 Å². The first kappa shape index (κ1) is 14.5. The van der Waals surface area contributed by atoms with Gasteiger partial charge in [-0.1, -0.05) is 15.9 Å². The lowest BCUT2D eigenvalue weighted by molar-refractivity contribution is 0.0521. The number of esters is 1. The molecule has 0 bridgehead atoms. The smallest absolute Gasteiger partial charge is 0.360 e. The zero-order chi connectivity index (χ0) is 13.8. The number of thiazole rings is 1. The van der Waals surface area contributed by atoms with Gasteiger partial charge in [0, 0.05) is 8.95 Å². The maximum atomic E-state index is 11.7. The Morgan fingerprint density at radius 3 is 3.00 bits per heavy atom. The third-order valence-corrected chi connectivity index (χ3v) is 4.14. The Balaban J connectivity index is 2.26. The SMILES string of the molecule is CCOC(=O)c1ncsc1Nc1cc(Br)ccc1Br. The number of nitrogens with zero attached hydrogens (tertiary/aromatic N) is 1. The van der Waals surface area contributed by atoms with E-state index < -0.39 is 5.97 Å². The van der Waals surface area contributed by atoms with Crippen LogP contribution in [0.3, 0.4) is 0 Å². The van der Waals surface area contributed by atoms with Crippen molar-refractivity contribution in [1.82, 2.24) is 4.98 Å². The first-order chi connectivity index (χ1) is 9.11. The molecule has 7 heteroatoms. The second kappa shape index (κ2) is 6.49. The highest BCUT2D eigenvalue weighted by Gasteiger charge is 2.16. The van der Waals surface area contributed by atoms with Crippen molar-refractivity contribution < 1.29 is 9.53 Å². The molecule has 1 aromatic carbocycles. The Bertz CT molecular complexity index is 601. The summed E-state index contributed by atoms with van der Waals surface area (Å²) in [6.07, 6.45) is 0. The molecule has 0 radical (unpaired) electrons. The molecule has 0 saturated carbocycles. The first-order valence-corrected chi connectivity index (χ1v) is 7.91. The van der Waals surface area contributed by atoms with Crippen molar-refractivity contribution in [1.29, 1.82) is 0 Å². The number of hydrogen-bond acceptors (Lipinski definition) is 5. The molecule has 2 rings (SSSR count). The van der Waals surface area contributed by atoms with Gasteiger partial charge in [-0.15, -0.1) is 11.3 Å². The maximum Gasteiger partial charge on any atom is 0.360 e. The molecule has 100 valence electrons. The Morgan fingerprint density at radius 1 is 1.47 bits per heavy atom. The van der Waals surface area contributed by atoms with Crippen molar-refractivity contribution in [2.45, 2.75) is 6.92 Å². The van der Waals surface area contributed by atoms with E-state index in [4.69, 9.17) is 4.74 Å². The van der Waals surface area contributed by atoms with Crippen LogP contribution in [0.15, 0.2) is 32.7 Å². The molecule has 0 aliphatic carbocycles. The van der Waals surface area contributed by atoms with Crippen molar-refractivity contribution in [3.8, 4) is 0 Å². The quantitative estimate of drug-likeness (QED) is 0.755. The summed E-state index contributed by atoms with van der Waals surface area (Å²) in [6.45, 7) is 2.10. The van der Waals surface area contributed by atoms with Gasteiger partial charge in [-0.05, 0) is 41.1 Å². The van der Waals surface area contributed by atoms with Gasteiger partial charge in [-0.2, -0.15) is 0 Å². The highest BCUT2D eigenvalue weighted by atomic mass is 79.9. The van der Waals surface area contributed by atoms with Crippen molar-refractivity contribution in [3.05, 3.63) is 38.3 Å². The molecule has 1 aromatic heterocycles. The molecule has 1 N–H and O–H groups in total. The van der Waals surface area contributed by atoms with Crippen molar-refractivity contribution in [2.24, 2.45) is 0 Å². The number of nitrogens with one attached hydrogen (secondary N) is 1. The lowest BCUT2D eigenvalue weighted by Gasteiger charge is -2.08. The summed E-state index contributed by atoms with van der Waals surface area (Å²) in [7, 11) is 0. The Morgan fingerprint density at radius 2 is 2.26 bits per heavy atom. The fourth-order valence-electron chi connectivity index (χ4n) is 1.40. The monoisotopic (exact) mass is 404 g/mol. The van der Waals surface area contributed by atoms with E-state index in [1.807, 2.05) is 18.2 Å². The van der Waals surface area contributed by atoms with E-state index in [-0.39, 0.29) is 0 Å². The number of rotatable bonds is 4. The molecular weight excluding hydrogens is 396 g/mol. The average molecular weight is 406 g/mol. The third-order valence-electron chi connectivity index (χ3n) is 2.21. The molecule has 0 saturated heterocycles. The summed E-state index contributed by atoms with van der Waals surface area (Å²) in [4.78, 5) is 15.8. The van der Waals surface area contributed by atoms with E-state index >= 15 is 0 Å². The summed E-state index contributed by atoms with van der Waals surface area (Å²) >= 11 is 8.22. The summed E-state index contributed by atoms with van der Waals surface area (Å²) in [6, 6.07) is 5.75. The van der Waals surface area contributed by atoms with Gasteiger partial charge in [0.05, 0.1) is 17.8 Å². The summed E-state index contributed by atoms with van der Waals surface area (Å²) in [5.74, 6) is -0.419. The molecule has 0 unspecified atom stereocenters. The van der Waals surface area contributed by atoms with Crippen LogP contribution in [0.5, 0.6) is 0 Å². The van der Waals surface area contributed by atoms with Gasteiger partial charge in [0.2, 0.25) is 0 Å². The molecule has 1 heterocycles. The molecule has 0 aliphatic rings. The minimum Gasteiger partial charge on any atom is -0.461 e. The predicted molar refractivity (Wildman–Crippen MR) is 83.2 cm³/mol. The topological polar surface area (TPSA) is 51.2 Å². The Hall–Kier alpha value is -0.920. The summed E-state index contributed by atoms with van der Waals surface area (Å²) in [5.41, 5.74) is 2.77. The number of aromatic nitrogens is 1. The Kier molecular flexibility index (Phi) is 4.95. The van der Waals surface area contributed by atoms with Gasteiger partial charge >= 0.3 is 5.97 Å². The zero-order valence-electron chi connectivity index (χ0n) is 9.94. The third kappa shape index (κ3) is 3.55. The largest absolute Gasteiger partial charge is 0.461 e. The second-order valence-corrected chi connectivity index (χ2v) is 6.12. The van der Waals surface area contributed by atoms with Crippen molar-refractivity contribution >= 4 is 59.9 Å². The van der Waals surface area contributed by atoms with Gasteiger partial charge in [-0.3, -0.25) is 0 Å². The van der Waals surface area contributed by atoms with Gasteiger partial charge in [0.25, 0.3) is 0 Å². The van der Waals surface area contributed by atoms with Crippen LogP contribution in [0.2, 0.25) is 0 Å². The number of halogens is 2. The lowest BCUT2D eigenvalue weighted by atomic mass is 10.3. The van der Waals surface area contributed by atoms with Gasteiger partial charge < -0.3 is 10.1 Å². The molecular formula is C12H10Br2N2O2S. The minimum atomic E-state index is -0.419. The van der Waals surface area contributed by atoms with Crippen LogP contribution in [0, 0.1) is 0 Å². The number of carbonyl (C=O) groups is 1. The molecule has 4 nitrogen and oxygen atoms in total. The molecule has 0 aliphatic heterocycles. The molecule has 0 amide bonds. The number of benzene rings is 1. The van der Waals surface area contributed by atoms with Crippen molar-refractivity contribution in [2.75, 3.05) is 11.9 Å². The highest BCUT2D eigenvalue weighted by molar-refractivity contribution is 9.11. The number of hydrogen-bond donors (Lipinski definition) is 1. The molecule has 0 atom stereocenters. The average Bonchev–Trinajstić information content (AvgIpc) is 2.82. The van der Waals surface area contributed by atoms with Crippen LogP contribution in [0.1, 0.15) is 17.4 Å². The van der Waals surface area contributed by atoms with Crippen LogP contribution >= 0.6 is 43.2 Å². The fraction of sp³-hybridized carbons (Fsp3) is 0.167. The van der Waals surface area contributed by atoms with E-state index in [0.29, 0.717) is 17.3 Å². The number of anilines is 2. The molecule has 19 heavy (non-hydrogen) atoms. The van der Waals surface area contributed by atoms with Crippen LogP contribution < -0.4 is 5.32 Å². The molecule has 2 aromatic rings. The van der Waals surface area contributed by atoms with E-state index in [1.165, 1.54) is 11.3 Å². The second-order valence-electron chi connectivity index (χ2n) is 3.50. The minimum absolute atomic E-state index is 0.304. The normalized spacial score (nSPS) is 10.3. The van der Waals surface area contributed by atoms with Crippen molar-refractivity contribution in [3.63, 3.8) is 0 Å². The van der Waals surface area contributed by atoms with E-state index in [9.17, 15) is 4.79 Å². The van der Waals surface area contributed by atoms with Crippen LogP contribution in [0.25, 0.3) is 0 Å². The zero-order valence-corrected chi connectivity index (χ0v) is 13.9. The fourth-order valence-corrected chi connectivity index (χ4v) is 2.78. The lowest BCUT2D eigenvalue weighted by Crippen LogP contribution is -2.07. The maximum absolute atomic E-state index is 11.7. The number of ether oxygens (including phenoxy) is 1. The molecule has 0 spiro atoms. The standard InChI is InChI=1S/C12H10Br2N2O2S/c1-2-18-12(17)10-11(19-6-15-10)16-9-5-7(13)3-4-8(9)14/h3-6,16H,2H2,1H3. The van der Waals surface area contributed by atoms with Gasteiger partial charge in [-0.25, -0.2) is 9.78 Å². The van der Waals surface area contributed by atoms with Gasteiger partial charge in [0.15, 0.2) is 5.69 Å². The summed E-state index contributed by atoms with van der Waals surface area (Å²) in [5, 5.41) is 3.84. The van der Waals surface area contributed by atoms with E-state index in [0.717, 1.165) is 14.6 Å². The Labute approximate surface area is 131 Å². The van der Waals surface area contributed by atoms with Gasteiger partial charge in [0.1, 0.15) is 5.00 Å². The number of carbonyl (C=O) groups excluding carboxylic acids is 1. The van der Waals surface area contributed by atoms with Crippen LogP contribution in [-0.2, 0) is 4.74 Å². The predicted octanol–water partition coefficient (Wildman–Crippen LogP) is 4.59. The van der Waals surface area contributed by atoms with Crippen LogP contribution in [-0.4, -0.2) is 17.6 Å². The molecule has 0 fully saturated rings.